The lowest BCUT2D eigenvalue weighted by molar-refractivity contribution is -0.138. The van der Waals surface area contributed by atoms with Crippen LogP contribution < -0.4 is 0 Å². The van der Waals surface area contributed by atoms with Gasteiger partial charge in [0.15, 0.2) is 0 Å². The van der Waals surface area contributed by atoms with E-state index in [1.807, 2.05) is 0 Å². The zero-order chi connectivity index (χ0) is 10.2. The highest BCUT2D eigenvalue weighted by atomic mass is 19.4. The van der Waals surface area contributed by atoms with Gasteiger partial charge in [-0.2, -0.15) is 13.2 Å². The topological polar surface area (TPSA) is 20.2 Å². The van der Waals surface area contributed by atoms with Gasteiger partial charge in [0.05, 0.1) is 5.56 Å². The van der Waals surface area contributed by atoms with E-state index >= 15 is 0 Å². The van der Waals surface area contributed by atoms with Crippen molar-refractivity contribution in [3.63, 3.8) is 0 Å². The SMILES string of the molecule is Cc1cc(O)c(C)c(C(F)(F)F)c1. The van der Waals surface area contributed by atoms with Crippen LogP contribution in [0.15, 0.2) is 12.1 Å². The summed E-state index contributed by atoms with van der Waals surface area (Å²) in [5, 5.41) is 9.14. The van der Waals surface area contributed by atoms with E-state index in [1.165, 1.54) is 19.9 Å². The Hall–Kier alpha value is -1.19. The third-order valence-corrected chi connectivity index (χ3v) is 1.83. The lowest BCUT2D eigenvalue weighted by Crippen LogP contribution is -2.07. The molecule has 0 aliphatic heterocycles. The maximum atomic E-state index is 12.3. The summed E-state index contributed by atoms with van der Waals surface area (Å²) in [7, 11) is 0. The van der Waals surface area contributed by atoms with E-state index in [9.17, 15) is 13.2 Å². The molecule has 0 radical (unpaired) electrons. The fraction of sp³-hybridized carbons (Fsp3) is 0.333. The lowest BCUT2D eigenvalue weighted by atomic mass is 10.0. The van der Waals surface area contributed by atoms with E-state index < -0.39 is 11.7 Å². The Morgan fingerprint density at radius 1 is 1.15 bits per heavy atom. The van der Waals surface area contributed by atoms with Crippen LogP contribution in [0.4, 0.5) is 13.2 Å². The predicted molar refractivity (Wildman–Crippen MR) is 42.6 cm³/mol. The Morgan fingerprint density at radius 2 is 1.69 bits per heavy atom. The number of rotatable bonds is 0. The van der Waals surface area contributed by atoms with Gasteiger partial charge in [-0.1, -0.05) is 0 Å². The molecule has 4 heteroatoms. The van der Waals surface area contributed by atoms with Crippen molar-refractivity contribution in [2.75, 3.05) is 0 Å². The largest absolute Gasteiger partial charge is 0.508 e. The second-order valence-corrected chi connectivity index (χ2v) is 2.95. The summed E-state index contributed by atoms with van der Waals surface area (Å²) in [6.45, 7) is 2.76. The minimum Gasteiger partial charge on any atom is -0.508 e. The minimum atomic E-state index is -4.40. The molecule has 0 aromatic heterocycles. The van der Waals surface area contributed by atoms with Crippen molar-refractivity contribution in [3.05, 3.63) is 28.8 Å². The average molecular weight is 190 g/mol. The number of alkyl halides is 3. The molecule has 0 atom stereocenters. The van der Waals surface area contributed by atoms with Crippen molar-refractivity contribution in [2.24, 2.45) is 0 Å². The van der Waals surface area contributed by atoms with E-state index in [0.29, 0.717) is 5.56 Å². The van der Waals surface area contributed by atoms with E-state index in [4.69, 9.17) is 5.11 Å². The smallest absolute Gasteiger partial charge is 0.416 e. The van der Waals surface area contributed by atoms with Crippen LogP contribution in [0.5, 0.6) is 5.75 Å². The maximum absolute atomic E-state index is 12.3. The van der Waals surface area contributed by atoms with Crippen LogP contribution in [0.1, 0.15) is 16.7 Å². The maximum Gasteiger partial charge on any atom is 0.416 e. The third-order valence-electron chi connectivity index (χ3n) is 1.83. The van der Waals surface area contributed by atoms with Gasteiger partial charge in [-0.3, -0.25) is 0 Å². The van der Waals surface area contributed by atoms with Gasteiger partial charge >= 0.3 is 6.18 Å². The Bertz CT molecular complexity index is 328. The first-order valence-electron chi connectivity index (χ1n) is 3.70. The molecular formula is C9H9F3O. The van der Waals surface area contributed by atoms with Crippen LogP contribution in [-0.4, -0.2) is 5.11 Å². The van der Waals surface area contributed by atoms with Gasteiger partial charge < -0.3 is 5.11 Å². The summed E-state index contributed by atoms with van der Waals surface area (Å²) in [6.07, 6.45) is -4.40. The number of halogens is 3. The Morgan fingerprint density at radius 3 is 2.15 bits per heavy atom. The van der Waals surface area contributed by atoms with Crippen molar-refractivity contribution in [1.82, 2.24) is 0 Å². The van der Waals surface area contributed by atoms with Crippen LogP contribution in [0, 0.1) is 13.8 Å². The van der Waals surface area contributed by atoms with Crippen LogP contribution in [0.25, 0.3) is 0 Å². The molecule has 1 aromatic rings. The standard InChI is InChI=1S/C9H9F3O/c1-5-3-7(9(10,11)12)6(2)8(13)4-5/h3-4,13H,1-2H3. The van der Waals surface area contributed by atoms with Gasteiger partial charge in [0.25, 0.3) is 0 Å². The fourth-order valence-electron chi connectivity index (χ4n) is 1.13. The molecule has 1 rings (SSSR count). The summed E-state index contributed by atoms with van der Waals surface area (Å²) in [5.74, 6) is -0.313. The van der Waals surface area contributed by atoms with Crippen LogP contribution in [-0.2, 0) is 6.18 Å². The van der Waals surface area contributed by atoms with Gasteiger partial charge in [-0.25, -0.2) is 0 Å². The molecule has 0 saturated carbocycles. The molecule has 0 fully saturated rings. The quantitative estimate of drug-likeness (QED) is 0.666. The second kappa shape index (κ2) is 2.94. The first-order chi connectivity index (χ1) is 5.82. The zero-order valence-corrected chi connectivity index (χ0v) is 7.24. The van der Waals surface area contributed by atoms with Crippen molar-refractivity contribution < 1.29 is 18.3 Å². The molecule has 1 nitrogen and oxygen atoms in total. The Kier molecular flexibility index (Phi) is 2.24. The molecule has 13 heavy (non-hydrogen) atoms. The Balaban J connectivity index is 3.37. The third kappa shape index (κ3) is 1.94. The number of aryl methyl sites for hydroxylation is 1. The minimum absolute atomic E-state index is 0.127. The van der Waals surface area contributed by atoms with E-state index in [1.54, 1.807) is 0 Å². The Labute approximate surface area is 73.8 Å². The summed E-state index contributed by atoms with van der Waals surface area (Å²) >= 11 is 0. The number of hydrogen-bond acceptors (Lipinski definition) is 1. The van der Waals surface area contributed by atoms with Gasteiger partial charge in [0, 0.05) is 5.56 Å². The summed E-state index contributed by atoms with van der Waals surface area (Å²) in [5.41, 5.74) is -0.501. The van der Waals surface area contributed by atoms with Crippen molar-refractivity contribution in [1.29, 1.82) is 0 Å². The first-order valence-corrected chi connectivity index (χ1v) is 3.70. The number of benzene rings is 1. The van der Waals surface area contributed by atoms with E-state index in [2.05, 4.69) is 0 Å². The summed E-state index contributed by atoms with van der Waals surface area (Å²) < 4.78 is 36.9. The van der Waals surface area contributed by atoms with Crippen molar-refractivity contribution >= 4 is 0 Å². The second-order valence-electron chi connectivity index (χ2n) is 2.95. The average Bonchev–Trinajstić information content (AvgIpc) is 1.94. The van der Waals surface area contributed by atoms with Gasteiger partial charge in [0.2, 0.25) is 0 Å². The molecule has 0 spiro atoms. The highest BCUT2D eigenvalue weighted by Gasteiger charge is 2.33. The molecule has 72 valence electrons. The molecule has 1 N–H and O–H groups in total. The van der Waals surface area contributed by atoms with Crippen LogP contribution >= 0.6 is 0 Å². The van der Waals surface area contributed by atoms with Crippen molar-refractivity contribution in [3.8, 4) is 5.75 Å². The molecule has 0 amide bonds. The lowest BCUT2D eigenvalue weighted by Gasteiger charge is -2.12. The van der Waals surface area contributed by atoms with E-state index in [0.717, 1.165) is 6.07 Å². The highest BCUT2D eigenvalue weighted by molar-refractivity contribution is 5.42. The predicted octanol–water partition coefficient (Wildman–Crippen LogP) is 3.03. The molecule has 0 aliphatic carbocycles. The van der Waals surface area contributed by atoms with Crippen LogP contribution in [0.2, 0.25) is 0 Å². The number of aromatic hydroxyl groups is 1. The summed E-state index contributed by atoms with van der Waals surface area (Å²) in [4.78, 5) is 0. The molecule has 0 heterocycles. The zero-order valence-electron chi connectivity index (χ0n) is 7.24. The molecule has 0 saturated heterocycles. The first kappa shape index (κ1) is 9.89. The number of phenolic OH excluding ortho intramolecular Hbond substituents is 1. The van der Waals surface area contributed by atoms with Gasteiger partial charge in [-0.05, 0) is 31.5 Å². The van der Waals surface area contributed by atoms with E-state index in [-0.39, 0.29) is 11.3 Å². The normalized spacial score (nSPS) is 11.8. The fourth-order valence-corrected chi connectivity index (χ4v) is 1.13. The van der Waals surface area contributed by atoms with Crippen molar-refractivity contribution in [2.45, 2.75) is 20.0 Å². The van der Waals surface area contributed by atoms with Gasteiger partial charge in [-0.15, -0.1) is 0 Å². The number of phenols is 1. The molecule has 1 aromatic carbocycles. The highest BCUT2D eigenvalue weighted by Crippen LogP contribution is 2.35. The van der Waals surface area contributed by atoms with Crippen LogP contribution in [0.3, 0.4) is 0 Å². The van der Waals surface area contributed by atoms with Gasteiger partial charge in [0.1, 0.15) is 5.75 Å². The molecule has 0 unspecified atom stereocenters. The number of hydrogen-bond donors (Lipinski definition) is 1. The molecule has 0 bridgehead atoms. The monoisotopic (exact) mass is 190 g/mol. The molecular weight excluding hydrogens is 181 g/mol. The molecule has 0 aliphatic rings. The summed E-state index contributed by atoms with van der Waals surface area (Å²) in [6, 6.07) is 2.33.